The maximum Gasteiger partial charge on any atom is 0.331 e. The first-order valence-corrected chi connectivity index (χ1v) is 5.32. The first-order chi connectivity index (χ1) is 9.25. The zero-order valence-electron chi connectivity index (χ0n) is 10.4. The van der Waals surface area contributed by atoms with Crippen molar-refractivity contribution in [2.45, 2.75) is 0 Å². The Hall–Kier alpha value is -2.70. The predicted octanol–water partition coefficient (Wildman–Crippen LogP) is 1.49. The molecule has 0 amide bonds. The molecule has 0 aliphatic heterocycles. The van der Waals surface area contributed by atoms with Gasteiger partial charge in [-0.05, 0) is 12.1 Å². The summed E-state index contributed by atoms with van der Waals surface area (Å²) in [5.41, 5.74) is 0.491. The zero-order valence-corrected chi connectivity index (χ0v) is 10.4. The van der Waals surface area contributed by atoms with Gasteiger partial charge in [0, 0.05) is 5.56 Å². The molecular weight excluding hydrogens is 250 g/mol. The maximum atomic E-state index is 10.7. The second kappa shape index (κ2) is 5.76. The molecule has 0 atom stereocenters. The minimum atomic E-state index is 0.0201. The lowest BCUT2D eigenvalue weighted by atomic mass is 10.2. The molecule has 1 aromatic heterocycles. The lowest BCUT2D eigenvalue weighted by molar-refractivity contribution is 0.112. The molecule has 0 fully saturated rings. The van der Waals surface area contributed by atoms with Crippen LogP contribution in [0, 0.1) is 0 Å². The van der Waals surface area contributed by atoms with Crippen molar-refractivity contribution < 1.29 is 19.0 Å². The molecule has 1 heterocycles. The van der Waals surface area contributed by atoms with E-state index in [2.05, 4.69) is 15.0 Å². The quantitative estimate of drug-likeness (QED) is 0.754. The molecule has 0 saturated heterocycles. The number of hydrogen-bond donors (Lipinski definition) is 0. The number of benzene rings is 1. The second-order valence-electron chi connectivity index (χ2n) is 3.38. The van der Waals surface area contributed by atoms with Gasteiger partial charge in [0.05, 0.1) is 14.2 Å². The monoisotopic (exact) mass is 261 g/mol. The Morgan fingerprint density at radius 1 is 1.00 bits per heavy atom. The third-order valence-corrected chi connectivity index (χ3v) is 2.14. The molecule has 2 rings (SSSR count). The van der Waals surface area contributed by atoms with E-state index in [1.807, 2.05) is 0 Å². The van der Waals surface area contributed by atoms with Crippen molar-refractivity contribution in [1.29, 1.82) is 0 Å². The average Bonchev–Trinajstić information content (AvgIpc) is 2.47. The molecule has 0 radical (unpaired) electrons. The fraction of sp³-hybridized carbons (Fsp3) is 0.167. The third kappa shape index (κ3) is 3.15. The van der Waals surface area contributed by atoms with E-state index in [1.54, 1.807) is 24.3 Å². The van der Waals surface area contributed by atoms with E-state index in [4.69, 9.17) is 14.2 Å². The van der Waals surface area contributed by atoms with Gasteiger partial charge in [0.1, 0.15) is 12.0 Å². The van der Waals surface area contributed by atoms with Gasteiger partial charge in [0.25, 0.3) is 0 Å². The van der Waals surface area contributed by atoms with Crippen LogP contribution in [0.25, 0.3) is 0 Å². The van der Waals surface area contributed by atoms with Gasteiger partial charge in [0.2, 0.25) is 0 Å². The highest BCUT2D eigenvalue weighted by atomic mass is 16.5. The minimum Gasteiger partial charge on any atom is -0.467 e. The van der Waals surface area contributed by atoms with Crippen molar-refractivity contribution in [2.75, 3.05) is 14.2 Å². The van der Waals surface area contributed by atoms with Gasteiger partial charge >= 0.3 is 18.0 Å². The molecule has 0 bridgehead atoms. The molecule has 7 heteroatoms. The predicted molar refractivity (Wildman–Crippen MR) is 64.8 cm³/mol. The summed E-state index contributed by atoms with van der Waals surface area (Å²) in [6, 6.07) is 6.77. The van der Waals surface area contributed by atoms with Crippen molar-refractivity contribution in [3.8, 4) is 23.8 Å². The van der Waals surface area contributed by atoms with Crippen molar-refractivity contribution >= 4 is 6.29 Å². The van der Waals surface area contributed by atoms with Crippen LogP contribution in [0.15, 0.2) is 24.3 Å². The molecule has 0 unspecified atom stereocenters. The van der Waals surface area contributed by atoms with Gasteiger partial charge < -0.3 is 14.2 Å². The van der Waals surface area contributed by atoms with E-state index in [0.717, 1.165) is 6.29 Å². The highest BCUT2D eigenvalue weighted by molar-refractivity contribution is 5.75. The molecule has 0 saturated carbocycles. The summed E-state index contributed by atoms with van der Waals surface area (Å²) in [4.78, 5) is 22.3. The average molecular weight is 261 g/mol. The maximum absolute atomic E-state index is 10.7. The van der Waals surface area contributed by atoms with E-state index >= 15 is 0 Å². The van der Waals surface area contributed by atoms with Crippen LogP contribution in [0.5, 0.6) is 23.8 Å². The van der Waals surface area contributed by atoms with Crippen LogP contribution in [0.4, 0.5) is 0 Å². The van der Waals surface area contributed by atoms with Gasteiger partial charge in [-0.1, -0.05) is 12.1 Å². The Bertz CT molecular complexity index is 567. The highest BCUT2D eigenvalue weighted by Gasteiger charge is 2.09. The molecule has 7 nitrogen and oxygen atoms in total. The van der Waals surface area contributed by atoms with E-state index in [0.29, 0.717) is 11.3 Å². The summed E-state index contributed by atoms with van der Waals surface area (Å²) in [6.07, 6.45) is 0.724. The summed E-state index contributed by atoms with van der Waals surface area (Å²) < 4.78 is 15.2. The van der Waals surface area contributed by atoms with Crippen LogP contribution in [0.2, 0.25) is 0 Å². The fourth-order valence-corrected chi connectivity index (χ4v) is 1.31. The Morgan fingerprint density at radius 3 is 2.21 bits per heavy atom. The minimum absolute atomic E-state index is 0.0201. The van der Waals surface area contributed by atoms with E-state index in [9.17, 15) is 4.79 Å². The molecule has 0 spiro atoms. The highest BCUT2D eigenvalue weighted by Crippen LogP contribution is 2.21. The Morgan fingerprint density at radius 2 is 1.63 bits per heavy atom. The van der Waals surface area contributed by atoms with Crippen LogP contribution >= 0.6 is 0 Å². The van der Waals surface area contributed by atoms with Crippen LogP contribution in [0.3, 0.4) is 0 Å². The van der Waals surface area contributed by atoms with E-state index in [1.165, 1.54) is 14.2 Å². The fourth-order valence-electron chi connectivity index (χ4n) is 1.31. The number of carbonyl (C=O) groups excluding carboxylic acids is 1. The summed E-state index contributed by atoms with van der Waals surface area (Å²) in [5.74, 6) is 0.430. The first-order valence-electron chi connectivity index (χ1n) is 5.32. The molecule has 0 N–H and O–H groups in total. The standard InChI is InChI=1S/C12H11N3O4/c1-17-10-13-11(18-2)15-12(14-10)19-9-5-3-4-8(6-9)7-16/h3-7H,1-2H3. The summed E-state index contributed by atoms with van der Waals surface area (Å²) >= 11 is 0. The molecule has 2 aromatic rings. The summed E-state index contributed by atoms with van der Waals surface area (Å²) in [6.45, 7) is 0. The number of carbonyl (C=O) groups is 1. The summed E-state index contributed by atoms with van der Waals surface area (Å²) in [5, 5.41) is 0. The molecule has 0 aliphatic carbocycles. The molecule has 19 heavy (non-hydrogen) atoms. The van der Waals surface area contributed by atoms with Crippen molar-refractivity contribution in [1.82, 2.24) is 15.0 Å². The van der Waals surface area contributed by atoms with Crippen molar-refractivity contribution in [2.24, 2.45) is 0 Å². The topological polar surface area (TPSA) is 83.4 Å². The lowest BCUT2D eigenvalue weighted by Crippen LogP contribution is -2.01. The van der Waals surface area contributed by atoms with Crippen LogP contribution < -0.4 is 14.2 Å². The largest absolute Gasteiger partial charge is 0.467 e. The van der Waals surface area contributed by atoms with Crippen molar-refractivity contribution in [3.05, 3.63) is 29.8 Å². The van der Waals surface area contributed by atoms with Gasteiger partial charge in [-0.15, -0.1) is 15.0 Å². The molecular formula is C12H11N3O4. The number of rotatable bonds is 5. The van der Waals surface area contributed by atoms with Gasteiger partial charge in [-0.3, -0.25) is 4.79 Å². The van der Waals surface area contributed by atoms with E-state index in [-0.39, 0.29) is 18.0 Å². The van der Waals surface area contributed by atoms with Gasteiger partial charge in [-0.2, -0.15) is 0 Å². The van der Waals surface area contributed by atoms with Gasteiger partial charge in [-0.25, -0.2) is 0 Å². The number of ether oxygens (including phenoxy) is 3. The van der Waals surface area contributed by atoms with Crippen LogP contribution in [0.1, 0.15) is 10.4 Å². The van der Waals surface area contributed by atoms with Gasteiger partial charge in [0.15, 0.2) is 0 Å². The lowest BCUT2D eigenvalue weighted by Gasteiger charge is -2.06. The molecule has 98 valence electrons. The van der Waals surface area contributed by atoms with Crippen LogP contribution in [-0.4, -0.2) is 35.5 Å². The Labute approximate surface area is 109 Å². The van der Waals surface area contributed by atoms with Crippen LogP contribution in [-0.2, 0) is 0 Å². The normalized spacial score (nSPS) is 9.79. The smallest absolute Gasteiger partial charge is 0.331 e. The first kappa shape index (κ1) is 12.7. The van der Waals surface area contributed by atoms with Crippen molar-refractivity contribution in [3.63, 3.8) is 0 Å². The third-order valence-electron chi connectivity index (χ3n) is 2.14. The second-order valence-corrected chi connectivity index (χ2v) is 3.38. The SMILES string of the molecule is COc1nc(OC)nc(Oc2cccc(C=O)c2)n1. The number of nitrogens with zero attached hydrogens (tertiary/aromatic N) is 3. The number of aromatic nitrogens is 3. The molecule has 0 aliphatic rings. The number of methoxy groups -OCH3 is 2. The zero-order chi connectivity index (χ0) is 13.7. The Balaban J connectivity index is 2.28. The number of aldehydes is 1. The number of hydrogen-bond acceptors (Lipinski definition) is 7. The Kier molecular flexibility index (Phi) is 3.87. The summed E-state index contributed by atoms with van der Waals surface area (Å²) in [7, 11) is 2.84. The molecule has 1 aromatic carbocycles. The van der Waals surface area contributed by atoms with E-state index < -0.39 is 0 Å².